The van der Waals surface area contributed by atoms with Gasteiger partial charge in [0.25, 0.3) is 0 Å². The van der Waals surface area contributed by atoms with E-state index in [0.29, 0.717) is 0 Å². The molecule has 4 heteroatoms. The SMILES string of the molecule is CC(C)C1C(=O)C(F)NN1C. The number of halogens is 1. The first-order valence-electron chi connectivity index (χ1n) is 3.71. The van der Waals surface area contributed by atoms with Gasteiger partial charge in [-0.15, -0.1) is 0 Å². The summed E-state index contributed by atoms with van der Waals surface area (Å²) in [5.74, 6) is -0.205. The van der Waals surface area contributed by atoms with E-state index in [-0.39, 0.29) is 17.7 Å². The third-order valence-electron chi connectivity index (χ3n) is 1.91. The smallest absolute Gasteiger partial charge is 0.224 e. The second-order valence-corrected chi connectivity index (χ2v) is 3.19. The van der Waals surface area contributed by atoms with Crippen molar-refractivity contribution in [2.75, 3.05) is 7.05 Å². The Hall–Kier alpha value is -0.480. The van der Waals surface area contributed by atoms with Crippen LogP contribution in [0.3, 0.4) is 0 Å². The van der Waals surface area contributed by atoms with Crippen LogP contribution >= 0.6 is 0 Å². The maximum absolute atomic E-state index is 12.7. The molecule has 0 bridgehead atoms. The number of carbonyl (C=O) groups excluding carboxylic acids is 1. The van der Waals surface area contributed by atoms with Gasteiger partial charge in [-0.1, -0.05) is 13.8 Å². The average molecular weight is 160 g/mol. The minimum Gasteiger partial charge on any atom is -0.293 e. The van der Waals surface area contributed by atoms with E-state index in [1.807, 2.05) is 13.8 Å². The quantitative estimate of drug-likeness (QED) is 0.561. The Morgan fingerprint density at radius 1 is 1.64 bits per heavy atom. The summed E-state index contributed by atoms with van der Waals surface area (Å²) in [5, 5.41) is 1.54. The fourth-order valence-electron chi connectivity index (χ4n) is 1.44. The molecule has 2 atom stereocenters. The van der Waals surface area contributed by atoms with E-state index >= 15 is 0 Å². The monoisotopic (exact) mass is 160 g/mol. The predicted octanol–water partition coefficient (Wildman–Crippen LogP) is 0.326. The van der Waals surface area contributed by atoms with Gasteiger partial charge in [0.15, 0.2) is 0 Å². The van der Waals surface area contributed by atoms with Crippen molar-refractivity contribution in [1.29, 1.82) is 0 Å². The van der Waals surface area contributed by atoms with Crippen molar-refractivity contribution in [3.05, 3.63) is 0 Å². The number of nitrogens with one attached hydrogen (secondary N) is 1. The molecule has 0 aromatic carbocycles. The standard InChI is InChI=1S/C7H13FN2O/c1-4(2)5-6(11)7(8)9-10(5)3/h4-5,7,9H,1-3H3. The number of ketones is 1. The van der Waals surface area contributed by atoms with Crippen LogP contribution in [0.15, 0.2) is 0 Å². The van der Waals surface area contributed by atoms with Gasteiger partial charge in [0.05, 0.1) is 6.04 Å². The topological polar surface area (TPSA) is 32.3 Å². The average Bonchev–Trinajstić information content (AvgIpc) is 2.07. The maximum atomic E-state index is 12.7. The summed E-state index contributed by atoms with van der Waals surface area (Å²) in [6.07, 6.45) is -1.51. The van der Waals surface area contributed by atoms with Crippen LogP contribution < -0.4 is 5.43 Å². The lowest BCUT2D eigenvalue weighted by molar-refractivity contribution is -0.124. The number of rotatable bonds is 1. The lowest BCUT2D eigenvalue weighted by Gasteiger charge is -2.19. The second-order valence-electron chi connectivity index (χ2n) is 3.19. The van der Waals surface area contributed by atoms with E-state index < -0.39 is 6.30 Å². The summed E-state index contributed by atoms with van der Waals surface area (Å²) < 4.78 is 12.7. The largest absolute Gasteiger partial charge is 0.293 e. The van der Waals surface area contributed by atoms with Gasteiger partial charge in [-0.2, -0.15) is 0 Å². The van der Waals surface area contributed by atoms with Gasteiger partial charge in [0, 0.05) is 7.05 Å². The number of hydrogen-bond donors (Lipinski definition) is 1. The van der Waals surface area contributed by atoms with E-state index in [1.165, 1.54) is 5.01 Å². The van der Waals surface area contributed by atoms with Gasteiger partial charge in [-0.05, 0) is 5.92 Å². The van der Waals surface area contributed by atoms with E-state index in [2.05, 4.69) is 5.43 Å². The van der Waals surface area contributed by atoms with Gasteiger partial charge in [0.1, 0.15) is 0 Å². The van der Waals surface area contributed by atoms with Crippen LogP contribution in [-0.4, -0.2) is 30.2 Å². The number of hydrogen-bond acceptors (Lipinski definition) is 3. The minimum atomic E-state index is -1.51. The van der Waals surface area contributed by atoms with E-state index in [1.54, 1.807) is 7.05 Å². The second kappa shape index (κ2) is 2.87. The normalized spacial score (nSPS) is 33.7. The summed E-state index contributed by atoms with van der Waals surface area (Å²) >= 11 is 0. The Morgan fingerprint density at radius 2 is 2.18 bits per heavy atom. The first kappa shape index (κ1) is 8.62. The van der Waals surface area contributed by atoms with Crippen molar-refractivity contribution >= 4 is 5.78 Å². The highest BCUT2D eigenvalue weighted by molar-refractivity contribution is 5.89. The summed E-state index contributed by atoms with van der Waals surface area (Å²) in [4.78, 5) is 11.1. The molecule has 0 spiro atoms. The Labute approximate surface area is 65.5 Å². The fourth-order valence-corrected chi connectivity index (χ4v) is 1.44. The maximum Gasteiger partial charge on any atom is 0.224 e. The molecule has 0 aliphatic carbocycles. The molecule has 64 valence electrons. The van der Waals surface area contributed by atoms with Crippen molar-refractivity contribution in [3.63, 3.8) is 0 Å². The van der Waals surface area contributed by atoms with Crippen LogP contribution in [0.25, 0.3) is 0 Å². The highest BCUT2D eigenvalue weighted by Gasteiger charge is 2.39. The predicted molar refractivity (Wildman–Crippen MR) is 39.4 cm³/mol. The Kier molecular flexibility index (Phi) is 2.25. The molecule has 11 heavy (non-hydrogen) atoms. The van der Waals surface area contributed by atoms with Crippen molar-refractivity contribution in [2.45, 2.75) is 26.2 Å². The lowest BCUT2D eigenvalue weighted by Crippen LogP contribution is -2.38. The van der Waals surface area contributed by atoms with Crippen LogP contribution in [-0.2, 0) is 4.79 Å². The number of nitrogens with zero attached hydrogens (tertiary/aromatic N) is 1. The first-order chi connectivity index (χ1) is 5.04. The molecule has 0 radical (unpaired) electrons. The van der Waals surface area contributed by atoms with Crippen LogP contribution in [0, 0.1) is 5.92 Å². The van der Waals surface area contributed by atoms with Crippen LogP contribution in [0.4, 0.5) is 4.39 Å². The van der Waals surface area contributed by atoms with E-state index in [9.17, 15) is 9.18 Å². The van der Waals surface area contributed by atoms with Crippen molar-refractivity contribution in [2.24, 2.45) is 5.92 Å². The van der Waals surface area contributed by atoms with E-state index in [4.69, 9.17) is 0 Å². The van der Waals surface area contributed by atoms with Crippen LogP contribution in [0.2, 0.25) is 0 Å². The summed E-state index contributed by atoms with van der Waals surface area (Å²) in [6, 6.07) is -0.315. The molecule has 0 saturated carbocycles. The number of likely N-dealkylation sites (N-methyl/N-ethyl adjacent to an activating group) is 1. The molecule has 1 N–H and O–H groups in total. The molecule has 2 unspecified atom stereocenters. The number of Topliss-reactive ketones (excluding diaryl/α,β-unsaturated/α-hetero) is 1. The molecular weight excluding hydrogens is 147 g/mol. The highest BCUT2D eigenvalue weighted by Crippen LogP contribution is 2.16. The Balaban J connectivity index is 2.72. The molecule has 1 fully saturated rings. The highest BCUT2D eigenvalue weighted by atomic mass is 19.1. The van der Waals surface area contributed by atoms with Crippen LogP contribution in [0.1, 0.15) is 13.8 Å². The van der Waals surface area contributed by atoms with Gasteiger partial charge in [0.2, 0.25) is 12.1 Å². The fraction of sp³-hybridized carbons (Fsp3) is 0.857. The summed E-state index contributed by atoms with van der Waals surface area (Å²) in [7, 11) is 1.68. The molecular formula is C7H13FN2O. The molecule has 3 nitrogen and oxygen atoms in total. The molecule has 0 aromatic heterocycles. The zero-order valence-corrected chi connectivity index (χ0v) is 6.97. The van der Waals surface area contributed by atoms with Gasteiger partial charge in [-0.3, -0.25) is 4.79 Å². The van der Waals surface area contributed by atoms with Crippen molar-refractivity contribution in [3.8, 4) is 0 Å². The molecule has 0 amide bonds. The van der Waals surface area contributed by atoms with Crippen molar-refractivity contribution < 1.29 is 9.18 Å². The number of hydrazine groups is 1. The third-order valence-corrected chi connectivity index (χ3v) is 1.91. The lowest BCUT2D eigenvalue weighted by atomic mass is 10.0. The number of carbonyl (C=O) groups is 1. The zero-order valence-electron chi connectivity index (χ0n) is 6.97. The molecule has 1 rings (SSSR count). The summed E-state index contributed by atoms with van der Waals surface area (Å²) in [5.41, 5.74) is 2.42. The molecule has 1 aliphatic rings. The van der Waals surface area contributed by atoms with Gasteiger partial charge in [-0.25, -0.2) is 14.8 Å². The first-order valence-corrected chi connectivity index (χ1v) is 3.71. The molecule has 1 saturated heterocycles. The molecule has 0 aromatic rings. The minimum absolute atomic E-state index is 0.153. The molecule has 1 aliphatic heterocycles. The Bertz CT molecular complexity index is 172. The van der Waals surface area contributed by atoms with Gasteiger partial charge < -0.3 is 0 Å². The van der Waals surface area contributed by atoms with Crippen molar-refractivity contribution in [1.82, 2.24) is 10.4 Å². The van der Waals surface area contributed by atoms with Crippen LogP contribution in [0.5, 0.6) is 0 Å². The third kappa shape index (κ3) is 1.41. The van der Waals surface area contributed by atoms with E-state index in [0.717, 1.165) is 0 Å². The van der Waals surface area contributed by atoms with Gasteiger partial charge >= 0.3 is 0 Å². The summed E-state index contributed by atoms with van der Waals surface area (Å²) in [6.45, 7) is 3.80. The zero-order chi connectivity index (χ0) is 8.59. The number of alkyl halides is 1. The molecule has 1 heterocycles. The Morgan fingerprint density at radius 3 is 2.36 bits per heavy atom.